The molecule has 2 aromatic carbocycles. The van der Waals surface area contributed by atoms with E-state index in [9.17, 15) is 13.2 Å². The molecule has 3 rings (SSSR count). The van der Waals surface area contributed by atoms with Crippen molar-refractivity contribution in [2.24, 2.45) is 5.92 Å². The lowest BCUT2D eigenvalue weighted by Crippen LogP contribution is -2.52. The van der Waals surface area contributed by atoms with Crippen molar-refractivity contribution in [1.82, 2.24) is 4.90 Å². The third kappa shape index (κ3) is 5.79. The number of sulfonamides is 1. The highest BCUT2D eigenvalue weighted by molar-refractivity contribution is 7.92. The Bertz CT molecular complexity index is 970. The van der Waals surface area contributed by atoms with Crippen LogP contribution in [0.15, 0.2) is 54.6 Å². The van der Waals surface area contributed by atoms with Crippen molar-refractivity contribution < 1.29 is 17.9 Å². The highest BCUT2D eigenvalue weighted by atomic mass is 32.2. The van der Waals surface area contributed by atoms with Gasteiger partial charge in [0.1, 0.15) is 11.8 Å². The van der Waals surface area contributed by atoms with Gasteiger partial charge in [-0.15, -0.1) is 0 Å². The maximum Gasteiger partial charge on any atom is 0.246 e. The largest absolute Gasteiger partial charge is 0.497 e. The SMILES string of the molecule is CC[C@H](C(=O)N1CCC(Cc2ccccc2)CC1)N(c1cccc(OC)c1)S(C)(=O)=O. The Balaban J connectivity index is 1.73. The fourth-order valence-electron chi connectivity index (χ4n) is 4.31. The number of hydrogen-bond donors (Lipinski definition) is 0. The van der Waals surface area contributed by atoms with Gasteiger partial charge in [0.2, 0.25) is 15.9 Å². The zero-order chi connectivity index (χ0) is 22.4. The maximum atomic E-state index is 13.4. The molecule has 1 fully saturated rings. The summed E-state index contributed by atoms with van der Waals surface area (Å²) in [6, 6.07) is 16.5. The second-order valence-electron chi connectivity index (χ2n) is 8.14. The van der Waals surface area contributed by atoms with Crippen molar-refractivity contribution in [3.63, 3.8) is 0 Å². The Morgan fingerprint density at radius 3 is 2.39 bits per heavy atom. The van der Waals surface area contributed by atoms with Crippen molar-refractivity contribution in [2.75, 3.05) is 30.8 Å². The molecule has 0 radical (unpaired) electrons. The first-order chi connectivity index (χ1) is 14.8. The Morgan fingerprint density at radius 2 is 1.81 bits per heavy atom. The number of benzene rings is 2. The number of likely N-dealkylation sites (tertiary alicyclic amines) is 1. The monoisotopic (exact) mass is 444 g/mol. The minimum atomic E-state index is -3.66. The van der Waals surface area contributed by atoms with Gasteiger partial charge in [-0.1, -0.05) is 43.3 Å². The van der Waals surface area contributed by atoms with Crippen LogP contribution in [0.25, 0.3) is 0 Å². The molecule has 31 heavy (non-hydrogen) atoms. The van der Waals surface area contributed by atoms with Crippen molar-refractivity contribution in [3.05, 3.63) is 60.2 Å². The lowest BCUT2D eigenvalue weighted by atomic mass is 9.90. The number of anilines is 1. The molecule has 1 heterocycles. The molecule has 1 amide bonds. The fourth-order valence-corrected chi connectivity index (χ4v) is 5.50. The summed E-state index contributed by atoms with van der Waals surface area (Å²) in [6.07, 6.45) is 4.41. The number of amides is 1. The predicted octanol–water partition coefficient (Wildman–Crippen LogP) is 3.72. The Morgan fingerprint density at radius 1 is 1.13 bits per heavy atom. The average molecular weight is 445 g/mol. The smallest absolute Gasteiger partial charge is 0.246 e. The summed E-state index contributed by atoms with van der Waals surface area (Å²) < 4.78 is 31.9. The van der Waals surface area contributed by atoms with Gasteiger partial charge in [0.25, 0.3) is 0 Å². The highest BCUT2D eigenvalue weighted by Gasteiger charge is 2.35. The van der Waals surface area contributed by atoms with Crippen LogP contribution in [-0.4, -0.2) is 51.7 Å². The van der Waals surface area contributed by atoms with Gasteiger partial charge in [-0.25, -0.2) is 8.42 Å². The number of nitrogens with zero attached hydrogens (tertiary/aromatic N) is 2. The molecule has 1 atom stereocenters. The van der Waals surface area contributed by atoms with Gasteiger partial charge >= 0.3 is 0 Å². The average Bonchev–Trinajstić information content (AvgIpc) is 2.77. The molecule has 1 aliphatic heterocycles. The maximum absolute atomic E-state index is 13.4. The normalized spacial score (nSPS) is 16.0. The van der Waals surface area contributed by atoms with Gasteiger partial charge in [0.15, 0.2) is 0 Å². The molecule has 0 saturated carbocycles. The molecule has 7 heteroatoms. The lowest BCUT2D eigenvalue weighted by Gasteiger charge is -2.37. The summed E-state index contributed by atoms with van der Waals surface area (Å²) in [4.78, 5) is 15.2. The zero-order valence-electron chi connectivity index (χ0n) is 18.5. The summed E-state index contributed by atoms with van der Waals surface area (Å²) in [5.74, 6) is 0.958. The van der Waals surface area contributed by atoms with E-state index in [0.29, 0.717) is 36.9 Å². The molecule has 2 aromatic rings. The lowest BCUT2D eigenvalue weighted by molar-refractivity contribution is -0.133. The van der Waals surface area contributed by atoms with Crippen molar-refractivity contribution in [2.45, 2.75) is 38.6 Å². The number of carbonyl (C=O) groups excluding carboxylic acids is 1. The molecule has 1 saturated heterocycles. The van der Waals surface area contributed by atoms with E-state index in [1.807, 2.05) is 17.9 Å². The van der Waals surface area contributed by atoms with Crippen LogP contribution in [0, 0.1) is 5.92 Å². The summed E-state index contributed by atoms with van der Waals surface area (Å²) in [5, 5.41) is 0. The molecular formula is C24H32N2O4S. The van der Waals surface area contributed by atoms with Crippen molar-refractivity contribution >= 4 is 21.6 Å². The van der Waals surface area contributed by atoms with Gasteiger partial charge < -0.3 is 9.64 Å². The van der Waals surface area contributed by atoms with Gasteiger partial charge in [-0.3, -0.25) is 9.10 Å². The second-order valence-corrected chi connectivity index (χ2v) is 10.0. The topological polar surface area (TPSA) is 66.9 Å². The van der Waals surface area contributed by atoms with Crippen molar-refractivity contribution in [1.29, 1.82) is 0 Å². The Kier molecular flexibility index (Phi) is 7.59. The van der Waals surface area contributed by atoms with Crippen LogP contribution in [0.4, 0.5) is 5.69 Å². The molecule has 0 bridgehead atoms. The zero-order valence-corrected chi connectivity index (χ0v) is 19.3. The number of carbonyl (C=O) groups is 1. The first kappa shape index (κ1) is 23.1. The van der Waals surface area contributed by atoms with Crippen LogP contribution >= 0.6 is 0 Å². The van der Waals surface area contributed by atoms with E-state index in [1.54, 1.807) is 24.3 Å². The predicted molar refractivity (Wildman–Crippen MR) is 124 cm³/mol. The molecule has 0 spiro atoms. The van der Waals surface area contributed by atoms with Gasteiger partial charge in [-0.05, 0) is 49.3 Å². The van der Waals surface area contributed by atoms with Crippen LogP contribution in [0.2, 0.25) is 0 Å². The first-order valence-corrected chi connectivity index (χ1v) is 12.6. The number of rotatable bonds is 8. The van der Waals surface area contributed by atoms with Gasteiger partial charge in [-0.2, -0.15) is 0 Å². The summed E-state index contributed by atoms with van der Waals surface area (Å²) in [5.41, 5.74) is 1.76. The number of piperidine rings is 1. The van der Waals surface area contributed by atoms with E-state index in [-0.39, 0.29) is 5.91 Å². The summed E-state index contributed by atoms with van der Waals surface area (Å²) >= 11 is 0. The second kappa shape index (κ2) is 10.2. The van der Waals surface area contributed by atoms with Crippen molar-refractivity contribution in [3.8, 4) is 5.75 Å². The van der Waals surface area contributed by atoms with E-state index in [2.05, 4.69) is 24.3 Å². The van der Waals surface area contributed by atoms with Crippen LogP contribution in [0.1, 0.15) is 31.7 Å². The molecule has 168 valence electrons. The Labute approximate surface area is 185 Å². The van der Waals surface area contributed by atoms with E-state index < -0.39 is 16.1 Å². The molecule has 0 unspecified atom stereocenters. The quantitative estimate of drug-likeness (QED) is 0.622. The summed E-state index contributed by atoms with van der Waals surface area (Å²) in [6.45, 7) is 3.16. The van der Waals surface area contributed by atoms with Crippen LogP contribution in [0.5, 0.6) is 5.75 Å². The number of methoxy groups -OCH3 is 1. The fraction of sp³-hybridized carbons (Fsp3) is 0.458. The molecule has 0 aromatic heterocycles. The molecule has 1 aliphatic rings. The number of hydrogen-bond acceptors (Lipinski definition) is 4. The number of ether oxygens (including phenoxy) is 1. The highest BCUT2D eigenvalue weighted by Crippen LogP contribution is 2.28. The van der Waals surface area contributed by atoms with Crippen LogP contribution in [-0.2, 0) is 21.2 Å². The standard InChI is InChI=1S/C24H32N2O4S/c1-4-23(26(31(3,28)29)21-11-8-12-22(18-21)30-2)24(27)25-15-13-20(14-16-25)17-19-9-6-5-7-10-19/h5-12,18,20,23H,4,13-17H2,1-3H3/t23-/m1/s1. The van der Waals surface area contributed by atoms with E-state index >= 15 is 0 Å². The first-order valence-electron chi connectivity index (χ1n) is 10.8. The molecule has 6 nitrogen and oxygen atoms in total. The third-order valence-corrected chi connectivity index (χ3v) is 7.09. The van der Waals surface area contributed by atoms with Crippen LogP contribution < -0.4 is 9.04 Å². The molecule has 0 aliphatic carbocycles. The minimum absolute atomic E-state index is 0.131. The van der Waals surface area contributed by atoms with Crippen LogP contribution in [0.3, 0.4) is 0 Å². The van der Waals surface area contributed by atoms with E-state index in [1.165, 1.54) is 17.0 Å². The van der Waals surface area contributed by atoms with E-state index in [0.717, 1.165) is 25.5 Å². The third-order valence-electron chi connectivity index (χ3n) is 5.91. The Hall–Kier alpha value is -2.54. The minimum Gasteiger partial charge on any atom is -0.497 e. The summed E-state index contributed by atoms with van der Waals surface area (Å²) in [7, 11) is -2.13. The van der Waals surface area contributed by atoms with E-state index in [4.69, 9.17) is 4.74 Å². The molecule has 0 N–H and O–H groups in total. The van der Waals surface area contributed by atoms with Gasteiger partial charge in [0, 0.05) is 19.2 Å². The van der Waals surface area contributed by atoms with Gasteiger partial charge in [0.05, 0.1) is 19.1 Å². The molecular weight excluding hydrogens is 412 g/mol.